The lowest BCUT2D eigenvalue weighted by atomic mass is 9.98. The normalized spacial score (nSPS) is 22.1. The van der Waals surface area contributed by atoms with Crippen LogP contribution in [-0.4, -0.2) is 58.6 Å². The lowest BCUT2D eigenvalue weighted by molar-refractivity contribution is 0.134. The molecule has 1 saturated heterocycles. The molecule has 1 unspecified atom stereocenters. The molecule has 1 aromatic heterocycles. The van der Waals surface area contributed by atoms with E-state index in [1.807, 2.05) is 0 Å². The van der Waals surface area contributed by atoms with Crippen LogP contribution in [-0.2, 0) is 24.4 Å². The third-order valence-corrected chi connectivity index (χ3v) is 7.43. The summed E-state index contributed by atoms with van der Waals surface area (Å²) in [5.41, 5.74) is 6.41. The highest BCUT2D eigenvalue weighted by molar-refractivity contribution is 7.99. The van der Waals surface area contributed by atoms with Crippen LogP contribution in [0.15, 0.2) is 33.5 Å². The first-order valence-corrected chi connectivity index (χ1v) is 11.5. The lowest BCUT2D eigenvalue weighted by Crippen LogP contribution is -2.49. The first-order chi connectivity index (χ1) is 14.5. The second-order valence-corrected chi connectivity index (χ2v) is 9.61. The Morgan fingerprint density at radius 1 is 1.23 bits per heavy atom. The summed E-state index contributed by atoms with van der Waals surface area (Å²) in [4.78, 5) is 20.3. The Morgan fingerprint density at radius 3 is 2.73 bits per heavy atom. The van der Waals surface area contributed by atoms with Crippen LogP contribution in [0.3, 0.4) is 0 Å². The summed E-state index contributed by atoms with van der Waals surface area (Å²) in [6, 6.07) is 4.46. The van der Waals surface area contributed by atoms with Crippen LogP contribution in [0.5, 0.6) is 0 Å². The van der Waals surface area contributed by atoms with Crippen molar-refractivity contribution in [2.24, 2.45) is 4.40 Å². The predicted molar refractivity (Wildman–Crippen MR) is 123 cm³/mol. The molecule has 0 saturated carbocycles. The molecule has 0 bridgehead atoms. The van der Waals surface area contributed by atoms with E-state index in [1.54, 1.807) is 11.9 Å². The Morgan fingerprint density at radius 2 is 2.00 bits per heavy atom. The van der Waals surface area contributed by atoms with Gasteiger partial charge in [-0.05, 0) is 55.0 Å². The molecule has 1 atom stereocenters. The van der Waals surface area contributed by atoms with Gasteiger partial charge in [0.1, 0.15) is 5.84 Å². The fourth-order valence-electron chi connectivity index (χ4n) is 4.64. The fraction of sp³-hybridized carbons (Fsp3) is 0.478. The summed E-state index contributed by atoms with van der Waals surface area (Å²) in [5.74, 6) is 1.10. The van der Waals surface area contributed by atoms with Gasteiger partial charge >= 0.3 is 0 Å². The summed E-state index contributed by atoms with van der Waals surface area (Å²) >= 11 is 1.63. The number of hydrogen-bond donors (Lipinski definition) is 1. The van der Waals surface area contributed by atoms with E-state index in [-0.39, 0.29) is 5.56 Å². The molecule has 0 aliphatic carbocycles. The minimum atomic E-state index is -0.00827. The summed E-state index contributed by atoms with van der Waals surface area (Å²) in [6.07, 6.45) is 1.01. The molecule has 0 amide bonds. The molecule has 7 heteroatoms. The molecular weight excluding hydrogens is 396 g/mol. The number of H-pyrrole nitrogens is 1. The number of aryl methyl sites for hydroxylation is 1. The van der Waals surface area contributed by atoms with Crippen molar-refractivity contribution in [1.82, 2.24) is 14.8 Å². The summed E-state index contributed by atoms with van der Waals surface area (Å²) in [7, 11) is 0. The third kappa shape index (κ3) is 3.49. The molecule has 1 aromatic carbocycles. The van der Waals surface area contributed by atoms with Gasteiger partial charge in [-0.2, -0.15) is 4.40 Å². The van der Waals surface area contributed by atoms with Gasteiger partial charge in [-0.3, -0.25) is 9.69 Å². The number of nitrogens with zero attached hydrogens (tertiary/aromatic N) is 3. The zero-order valence-corrected chi connectivity index (χ0v) is 18.5. The number of amidine groups is 1. The molecule has 158 valence electrons. The number of aromatic nitrogens is 1. The number of benzene rings is 1. The van der Waals surface area contributed by atoms with Crippen molar-refractivity contribution in [3.05, 3.63) is 56.9 Å². The maximum absolute atomic E-state index is 12.3. The number of pyridine rings is 1. The monoisotopic (exact) mass is 424 g/mol. The van der Waals surface area contributed by atoms with Gasteiger partial charge in [-0.25, -0.2) is 0 Å². The molecule has 30 heavy (non-hydrogen) atoms. The SMILES string of the molecule is C=C1C(N2CCN(CCc3cc(C)c4[nH]c(=O)c5c(c4c3)COC5)CC2)=NSC1C. The quantitative estimate of drug-likeness (QED) is 0.768. The van der Waals surface area contributed by atoms with Gasteiger partial charge in [0.15, 0.2) is 0 Å². The molecule has 2 aromatic rings. The molecule has 1 fully saturated rings. The molecule has 6 nitrogen and oxygen atoms in total. The van der Waals surface area contributed by atoms with E-state index in [2.05, 4.69) is 51.7 Å². The Labute approximate surface area is 181 Å². The summed E-state index contributed by atoms with van der Waals surface area (Å²) in [5, 5.41) is 1.54. The van der Waals surface area contributed by atoms with Crippen LogP contribution in [0.25, 0.3) is 10.9 Å². The molecule has 0 radical (unpaired) electrons. The minimum Gasteiger partial charge on any atom is -0.372 e. The van der Waals surface area contributed by atoms with E-state index in [0.717, 1.165) is 78.1 Å². The van der Waals surface area contributed by atoms with Gasteiger partial charge in [0.05, 0.1) is 24.0 Å². The van der Waals surface area contributed by atoms with Gasteiger partial charge in [-0.15, -0.1) is 0 Å². The number of ether oxygens (including phenoxy) is 1. The van der Waals surface area contributed by atoms with Crippen LogP contribution < -0.4 is 5.56 Å². The van der Waals surface area contributed by atoms with Crippen LogP contribution in [0.4, 0.5) is 0 Å². The average molecular weight is 425 g/mol. The standard InChI is InChI=1S/C23H28N4O2S/c1-14-10-17(11-18-19-12-29-13-20(19)23(28)24-21(14)18)4-5-26-6-8-27(9-7-26)22-15(2)16(3)30-25-22/h10-11,16H,2,4-9,12-13H2,1,3H3,(H,24,28). The van der Waals surface area contributed by atoms with Crippen LogP contribution in [0, 0.1) is 6.92 Å². The number of fused-ring (bicyclic) bond motifs is 3. The zero-order chi connectivity index (χ0) is 20.8. The number of nitrogens with one attached hydrogen (secondary N) is 1. The molecule has 1 N–H and O–H groups in total. The van der Waals surface area contributed by atoms with Gasteiger partial charge in [0.2, 0.25) is 0 Å². The maximum Gasteiger partial charge on any atom is 0.254 e. The fourth-order valence-corrected chi connectivity index (χ4v) is 5.36. The van der Waals surface area contributed by atoms with E-state index in [0.29, 0.717) is 18.5 Å². The summed E-state index contributed by atoms with van der Waals surface area (Å²) in [6.45, 7) is 14.6. The van der Waals surface area contributed by atoms with Crippen molar-refractivity contribution < 1.29 is 4.74 Å². The summed E-state index contributed by atoms with van der Waals surface area (Å²) < 4.78 is 10.2. The molecule has 3 aliphatic heterocycles. The van der Waals surface area contributed by atoms with E-state index in [9.17, 15) is 4.79 Å². The molecule has 5 rings (SSSR count). The van der Waals surface area contributed by atoms with Crippen molar-refractivity contribution in [3.8, 4) is 0 Å². The Kier molecular flexibility index (Phi) is 5.21. The Bertz CT molecular complexity index is 1100. The highest BCUT2D eigenvalue weighted by Gasteiger charge is 2.28. The van der Waals surface area contributed by atoms with E-state index in [1.165, 1.54) is 5.56 Å². The molecular formula is C23H28N4O2S. The first kappa shape index (κ1) is 19.8. The first-order valence-electron chi connectivity index (χ1n) is 10.7. The van der Waals surface area contributed by atoms with Gasteiger partial charge in [0, 0.05) is 49.2 Å². The predicted octanol–water partition coefficient (Wildman–Crippen LogP) is 3.03. The average Bonchev–Trinajstić information content (AvgIpc) is 3.36. The Hall–Kier alpha value is -2.09. The van der Waals surface area contributed by atoms with Crippen LogP contribution in [0.1, 0.15) is 29.2 Å². The van der Waals surface area contributed by atoms with Gasteiger partial charge in [0.25, 0.3) is 5.56 Å². The van der Waals surface area contributed by atoms with E-state index < -0.39 is 0 Å². The number of aromatic amines is 1. The second kappa shape index (κ2) is 7.87. The molecule has 0 spiro atoms. The highest BCUT2D eigenvalue weighted by Crippen LogP contribution is 2.30. The smallest absolute Gasteiger partial charge is 0.254 e. The van der Waals surface area contributed by atoms with Crippen molar-refractivity contribution in [2.75, 3.05) is 32.7 Å². The van der Waals surface area contributed by atoms with Crippen molar-refractivity contribution >= 4 is 28.7 Å². The van der Waals surface area contributed by atoms with Crippen LogP contribution >= 0.6 is 11.9 Å². The molecule has 4 heterocycles. The number of hydrogen-bond acceptors (Lipinski definition) is 6. The van der Waals surface area contributed by atoms with Gasteiger partial charge < -0.3 is 14.6 Å². The topological polar surface area (TPSA) is 60.9 Å². The van der Waals surface area contributed by atoms with E-state index >= 15 is 0 Å². The van der Waals surface area contributed by atoms with Crippen molar-refractivity contribution in [2.45, 2.75) is 38.7 Å². The largest absolute Gasteiger partial charge is 0.372 e. The van der Waals surface area contributed by atoms with Gasteiger partial charge in [-0.1, -0.05) is 12.6 Å². The zero-order valence-electron chi connectivity index (χ0n) is 17.7. The molecule has 3 aliphatic rings. The number of piperazine rings is 1. The second-order valence-electron chi connectivity index (χ2n) is 8.51. The third-order valence-electron chi connectivity index (χ3n) is 6.55. The van der Waals surface area contributed by atoms with Crippen molar-refractivity contribution in [3.63, 3.8) is 0 Å². The Balaban J connectivity index is 1.26. The highest BCUT2D eigenvalue weighted by atomic mass is 32.2. The van der Waals surface area contributed by atoms with Crippen LogP contribution in [0.2, 0.25) is 0 Å². The van der Waals surface area contributed by atoms with E-state index in [4.69, 9.17) is 4.74 Å². The lowest BCUT2D eigenvalue weighted by Gasteiger charge is -2.36. The number of rotatable bonds is 3. The van der Waals surface area contributed by atoms with Crippen molar-refractivity contribution in [1.29, 1.82) is 0 Å². The minimum absolute atomic E-state index is 0.00827. The maximum atomic E-state index is 12.3.